The molecule has 0 radical (unpaired) electrons. The number of rotatable bonds is 4. The highest BCUT2D eigenvalue weighted by Gasteiger charge is 2.20. The fraction of sp³-hybridized carbons (Fsp3) is 0.455. The van der Waals surface area contributed by atoms with E-state index in [1.54, 1.807) is 7.11 Å². The highest BCUT2D eigenvalue weighted by atomic mass is 127. The predicted molar refractivity (Wildman–Crippen MR) is 66.9 cm³/mol. The molecule has 1 fully saturated rings. The summed E-state index contributed by atoms with van der Waals surface area (Å²) in [6, 6.07) is 6.13. The SMILES string of the molecule is COc1ccc(I)c(NCC2CC2)c1. The number of benzene rings is 1. The summed E-state index contributed by atoms with van der Waals surface area (Å²) in [4.78, 5) is 0. The molecule has 0 amide bonds. The molecule has 2 nitrogen and oxygen atoms in total. The number of hydrogen-bond acceptors (Lipinski definition) is 2. The minimum absolute atomic E-state index is 0.900. The van der Waals surface area contributed by atoms with Crippen LogP contribution >= 0.6 is 22.6 Å². The molecular formula is C11H14INO. The zero-order chi connectivity index (χ0) is 9.97. The van der Waals surface area contributed by atoms with Crippen LogP contribution in [0.2, 0.25) is 0 Å². The molecule has 76 valence electrons. The van der Waals surface area contributed by atoms with Gasteiger partial charge in [0.1, 0.15) is 5.75 Å². The van der Waals surface area contributed by atoms with Gasteiger partial charge in [-0.25, -0.2) is 0 Å². The van der Waals surface area contributed by atoms with E-state index in [9.17, 15) is 0 Å². The minimum Gasteiger partial charge on any atom is -0.497 e. The first-order valence-electron chi connectivity index (χ1n) is 4.87. The molecule has 0 atom stereocenters. The van der Waals surface area contributed by atoms with Crippen LogP contribution in [0.25, 0.3) is 0 Å². The maximum atomic E-state index is 5.19. The van der Waals surface area contributed by atoms with Crippen molar-refractivity contribution >= 4 is 28.3 Å². The Bertz CT molecular complexity index is 323. The van der Waals surface area contributed by atoms with E-state index < -0.39 is 0 Å². The van der Waals surface area contributed by atoms with Crippen molar-refractivity contribution in [1.29, 1.82) is 0 Å². The molecule has 0 saturated heterocycles. The molecule has 0 heterocycles. The summed E-state index contributed by atoms with van der Waals surface area (Å²) in [6.45, 7) is 1.10. The van der Waals surface area contributed by atoms with Gasteiger partial charge in [-0.1, -0.05) is 0 Å². The minimum atomic E-state index is 0.900. The second-order valence-electron chi connectivity index (χ2n) is 3.67. The second kappa shape index (κ2) is 4.38. The average molecular weight is 303 g/mol. The van der Waals surface area contributed by atoms with Gasteiger partial charge in [0, 0.05) is 16.2 Å². The summed E-state index contributed by atoms with van der Waals surface area (Å²) in [6.07, 6.45) is 2.76. The monoisotopic (exact) mass is 303 g/mol. The maximum absolute atomic E-state index is 5.19. The summed E-state index contributed by atoms with van der Waals surface area (Å²) in [7, 11) is 1.70. The topological polar surface area (TPSA) is 21.3 Å². The van der Waals surface area contributed by atoms with E-state index in [0.717, 1.165) is 18.2 Å². The normalized spacial score (nSPS) is 15.3. The van der Waals surface area contributed by atoms with Crippen LogP contribution < -0.4 is 10.1 Å². The van der Waals surface area contributed by atoms with Crippen LogP contribution in [0, 0.1) is 9.49 Å². The van der Waals surface area contributed by atoms with Crippen molar-refractivity contribution in [1.82, 2.24) is 0 Å². The van der Waals surface area contributed by atoms with Gasteiger partial charge in [0.25, 0.3) is 0 Å². The Morgan fingerprint density at radius 3 is 2.93 bits per heavy atom. The van der Waals surface area contributed by atoms with E-state index in [1.807, 2.05) is 6.07 Å². The summed E-state index contributed by atoms with van der Waals surface area (Å²) in [5, 5.41) is 3.46. The molecule has 1 aromatic rings. The van der Waals surface area contributed by atoms with Crippen LogP contribution in [-0.2, 0) is 0 Å². The Labute approximate surface area is 98.2 Å². The Kier molecular flexibility index (Phi) is 3.15. The fourth-order valence-electron chi connectivity index (χ4n) is 1.34. The molecule has 0 unspecified atom stereocenters. The Morgan fingerprint density at radius 1 is 1.50 bits per heavy atom. The van der Waals surface area contributed by atoms with Gasteiger partial charge in [0.15, 0.2) is 0 Å². The molecule has 1 aliphatic rings. The van der Waals surface area contributed by atoms with Crippen LogP contribution in [0.1, 0.15) is 12.8 Å². The Hall–Kier alpha value is -0.450. The van der Waals surface area contributed by atoms with Crippen molar-refractivity contribution in [3.63, 3.8) is 0 Å². The van der Waals surface area contributed by atoms with Crippen molar-refractivity contribution in [3.8, 4) is 5.75 Å². The smallest absolute Gasteiger partial charge is 0.120 e. The van der Waals surface area contributed by atoms with Crippen LogP contribution in [-0.4, -0.2) is 13.7 Å². The third-order valence-corrected chi connectivity index (χ3v) is 3.39. The summed E-state index contributed by atoms with van der Waals surface area (Å²) in [5.74, 6) is 1.82. The number of ether oxygens (including phenoxy) is 1. The van der Waals surface area contributed by atoms with Crippen LogP contribution in [0.3, 0.4) is 0 Å². The van der Waals surface area contributed by atoms with Gasteiger partial charge in [-0.3, -0.25) is 0 Å². The van der Waals surface area contributed by atoms with Crippen molar-refractivity contribution in [2.45, 2.75) is 12.8 Å². The molecule has 1 N–H and O–H groups in total. The zero-order valence-electron chi connectivity index (χ0n) is 8.22. The van der Waals surface area contributed by atoms with Crippen molar-refractivity contribution < 1.29 is 4.74 Å². The molecule has 0 bridgehead atoms. The molecule has 0 spiro atoms. The van der Waals surface area contributed by atoms with Crippen LogP contribution in [0.5, 0.6) is 5.75 Å². The van der Waals surface area contributed by atoms with E-state index in [4.69, 9.17) is 4.74 Å². The fourth-order valence-corrected chi connectivity index (χ4v) is 1.87. The highest BCUT2D eigenvalue weighted by Crippen LogP contribution is 2.30. The van der Waals surface area contributed by atoms with Crippen LogP contribution in [0.4, 0.5) is 5.69 Å². The van der Waals surface area contributed by atoms with Crippen molar-refractivity contribution in [2.24, 2.45) is 5.92 Å². The van der Waals surface area contributed by atoms with Gasteiger partial charge in [-0.2, -0.15) is 0 Å². The first-order valence-corrected chi connectivity index (χ1v) is 5.95. The Morgan fingerprint density at radius 2 is 2.29 bits per heavy atom. The molecule has 1 aromatic carbocycles. The van der Waals surface area contributed by atoms with E-state index in [-0.39, 0.29) is 0 Å². The summed E-state index contributed by atoms with van der Waals surface area (Å²) < 4.78 is 6.44. The third-order valence-electron chi connectivity index (χ3n) is 2.45. The summed E-state index contributed by atoms with van der Waals surface area (Å²) >= 11 is 2.34. The van der Waals surface area contributed by atoms with Gasteiger partial charge >= 0.3 is 0 Å². The molecule has 0 aliphatic heterocycles. The lowest BCUT2D eigenvalue weighted by Gasteiger charge is -2.09. The van der Waals surface area contributed by atoms with Crippen molar-refractivity contribution in [3.05, 3.63) is 21.8 Å². The van der Waals surface area contributed by atoms with Gasteiger partial charge in [-0.05, 0) is 53.5 Å². The average Bonchev–Trinajstić information content (AvgIpc) is 3.00. The summed E-state index contributed by atoms with van der Waals surface area (Å²) in [5.41, 5.74) is 1.19. The standard InChI is InChI=1S/C11H14INO/c1-14-9-4-5-10(12)11(6-9)13-7-8-2-3-8/h4-6,8,13H,2-3,7H2,1H3. The quantitative estimate of drug-likeness (QED) is 0.863. The van der Waals surface area contributed by atoms with E-state index in [2.05, 4.69) is 40.0 Å². The lowest BCUT2D eigenvalue weighted by Crippen LogP contribution is -2.04. The molecule has 14 heavy (non-hydrogen) atoms. The largest absolute Gasteiger partial charge is 0.497 e. The second-order valence-corrected chi connectivity index (χ2v) is 4.83. The molecule has 2 rings (SSSR count). The molecular weight excluding hydrogens is 289 g/mol. The van der Waals surface area contributed by atoms with E-state index in [1.165, 1.54) is 22.1 Å². The molecule has 1 saturated carbocycles. The maximum Gasteiger partial charge on any atom is 0.120 e. The number of hydrogen-bond donors (Lipinski definition) is 1. The zero-order valence-corrected chi connectivity index (χ0v) is 10.4. The predicted octanol–water partition coefficient (Wildman–Crippen LogP) is 3.12. The third kappa shape index (κ3) is 2.53. The highest BCUT2D eigenvalue weighted by molar-refractivity contribution is 14.1. The van der Waals surface area contributed by atoms with E-state index >= 15 is 0 Å². The van der Waals surface area contributed by atoms with Gasteiger partial charge < -0.3 is 10.1 Å². The van der Waals surface area contributed by atoms with Crippen molar-refractivity contribution in [2.75, 3.05) is 19.0 Å². The van der Waals surface area contributed by atoms with Crippen LogP contribution in [0.15, 0.2) is 18.2 Å². The number of halogens is 1. The first kappa shape index (κ1) is 10.1. The van der Waals surface area contributed by atoms with Gasteiger partial charge in [0.05, 0.1) is 12.8 Å². The molecule has 1 aliphatic carbocycles. The van der Waals surface area contributed by atoms with Gasteiger partial charge in [0.2, 0.25) is 0 Å². The van der Waals surface area contributed by atoms with Gasteiger partial charge in [-0.15, -0.1) is 0 Å². The molecule has 3 heteroatoms. The number of anilines is 1. The Balaban J connectivity index is 2.04. The number of nitrogens with one attached hydrogen (secondary N) is 1. The first-order chi connectivity index (χ1) is 6.79. The lowest BCUT2D eigenvalue weighted by atomic mass is 10.3. The molecule has 0 aromatic heterocycles. The van der Waals surface area contributed by atoms with E-state index in [0.29, 0.717) is 0 Å². The number of methoxy groups -OCH3 is 1. The lowest BCUT2D eigenvalue weighted by molar-refractivity contribution is 0.415.